The van der Waals surface area contributed by atoms with Crippen LogP contribution in [-0.2, 0) is 16.6 Å². The molecule has 2 heterocycles. The quantitative estimate of drug-likeness (QED) is 0.659. The molecule has 1 aliphatic heterocycles. The Morgan fingerprint density at radius 2 is 1.75 bits per heavy atom. The van der Waals surface area contributed by atoms with Crippen molar-refractivity contribution in [3.05, 3.63) is 47.3 Å². The Bertz CT molecular complexity index is 1020. The molecule has 0 atom stereocenters. The third-order valence-electron chi connectivity index (χ3n) is 6.58. The number of carbonyl (C=O) groups is 1. The van der Waals surface area contributed by atoms with E-state index in [4.69, 9.17) is 4.52 Å². The van der Waals surface area contributed by atoms with Crippen molar-refractivity contribution in [3.63, 3.8) is 0 Å². The van der Waals surface area contributed by atoms with Crippen LogP contribution in [0.1, 0.15) is 53.9 Å². The molecule has 8 nitrogen and oxygen atoms in total. The van der Waals surface area contributed by atoms with E-state index in [0.717, 1.165) is 50.2 Å². The van der Waals surface area contributed by atoms with E-state index in [1.165, 1.54) is 10.7 Å². The summed E-state index contributed by atoms with van der Waals surface area (Å²) in [5, 5.41) is 3.91. The number of hydrogen-bond donors (Lipinski definition) is 0. The summed E-state index contributed by atoms with van der Waals surface area (Å²) >= 11 is 0. The van der Waals surface area contributed by atoms with E-state index in [9.17, 15) is 13.2 Å². The van der Waals surface area contributed by atoms with Gasteiger partial charge < -0.3 is 9.42 Å². The van der Waals surface area contributed by atoms with E-state index in [0.29, 0.717) is 25.2 Å². The second-order valence-electron chi connectivity index (χ2n) is 8.84. The van der Waals surface area contributed by atoms with Gasteiger partial charge in [-0.25, -0.2) is 8.42 Å². The van der Waals surface area contributed by atoms with Crippen molar-refractivity contribution in [2.75, 3.05) is 33.2 Å². The highest BCUT2D eigenvalue weighted by Gasteiger charge is 2.29. The summed E-state index contributed by atoms with van der Waals surface area (Å²) in [5.41, 5.74) is 1.38. The summed E-state index contributed by atoms with van der Waals surface area (Å²) in [6.45, 7) is 5.33. The number of aryl methyl sites for hydroxylation is 1. The average Bonchev–Trinajstić information content (AvgIpc) is 3.23. The van der Waals surface area contributed by atoms with Gasteiger partial charge in [0, 0.05) is 50.9 Å². The van der Waals surface area contributed by atoms with E-state index in [1.807, 2.05) is 17.9 Å². The number of hydrogen-bond acceptors (Lipinski definition) is 6. The molecule has 4 rings (SSSR count). The molecule has 0 unspecified atom stereocenters. The minimum absolute atomic E-state index is 0.0622. The van der Waals surface area contributed by atoms with E-state index in [-0.39, 0.29) is 16.8 Å². The van der Waals surface area contributed by atoms with Crippen molar-refractivity contribution in [2.24, 2.45) is 0 Å². The van der Waals surface area contributed by atoms with Crippen LogP contribution in [-0.4, -0.2) is 72.9 Å². The minimum atomic E-state index is -3.55. The van der Waals surface area contributed by atoms with Crippen LogP contribution in [0.3, 0.4) is 0 Å². The molecule has 1 saturated heterocycles. The molecular formula is C23H32N4O4S. The van der Waals surface area contributed by atoms with Gasteiger partial charge in [-0.3, -0.25) is 9.69 Å². The molecule has 0 N–H and O–H groups in total. The first-order valence-electron chi connectivity index (χ1n) is 11.4. The van der Waals surface area contributed by atoms with Crippen LogP contribution >= 0.6 is 0 Å². The molecule has 2 fully saturated rings. The van der Waals surface area contributed by atoms with Gasteiger partial charge in [-0.15, -0.1) is 0 Å². The zero-order valence-electron chi connectivity index (χ0n) is 18.9. The smallest absolute Gasteiger partial charge is 0.253 e. The molecule has 0 bridgehead atoms. The van der Waals surface area contributed by atoms with Crippen LogP contribution in [0.5, 0.6) is 0 Å². The highest BCUT2D eigenvalue weighted by Crippen LogP contribution is 2.26. The summed E-state index contributed by atoms with van der Waals surface area (Å²) < 4.78 is 32.8. The van der Waals surface area contributed by atoms with E-state index >= 15 is 0 Å². The number of rotatable bonds is 6. The van der Waals surface area contributed by atoms with Gasteiger partial charge in [0.1, 0.15) is 0 Å². The molecule has 2 aliphatic rings. The SMILES string of the molecule is Cc1cc(CN2CCN(C(=O)c3ccc(S(=O)(=O)N(C)C4CCCCC4)cc3)CC2)on1. The maximum absolute atomic E-state index is 13.0. The number of carbonyl (C=O) groups excluding carboxylic acids is 1. The Kier molecular flexibility index (Phi) is 6.97. The van der Waals surface area contributed by atoms with Crippen molar-refractivity contribution in [3.8, 4) is 0 Å². The lowest BCUT2D eigenvalue weighted by Gasteiger charge is -2.34. The predicted octanol–water partition coefficient (Wildman–Crippen LogP) is 2.89. The Balaban J connectivity index is 1.35. The van der Waals surface area contributed by atoms with Crippen molar-refractivity contribution in [1.82, 2.24) is 19.3 Å². The average molecular weight is 461 g/mol. The van der Waals surface area contributed by atoms with Crippen molar-refractivity contribution >= 4 is 15.9 Å². The van der Waals surface area contributed by atoms with Crippen molar-refractivity contribution in [2.45, 2.75) is 56.5 Å². The lowest BCUT2D eigenvalue weighted by atomic mass is 9.96. The number of benzene rings is 1. The zero-order valence-corrected chi connectivity index (χ0v) is 19.7. The summed E-state index contributed by atoms with van der Waals surface area (Å²) in [7, 11) is -1.88. The minimum Gasteiger partial charge on any atom is -0.360 e. The number of nitrogens with zero attached hydrogens (tertiary/aromatic N) is 4. The molecule has 1 amide bonds. The first-order chi connectivity index (χ1) is 15.3. The second kappa shape index (κ2) is 9.72. The number of sulfonamides is 1. The van der Waals surface area contributed by atoms with Gasteiger partial charge in [0.25, 0.3) is 5.91 Å². The Morgan fingerprint density at radius 1 is 1.09 bits per heavy atom. The molecule has 0 spiro atoms. The van der Waals surface area contributed by atoms with Gasteiger partial charge >= 0.3 is 0 Å². The number of piperazine rings is 1. The molecule has 1 aromatic heterocycles. The molecule has 9 heteroatoms. The summed E-state index contributed by atoms with van der Waals surface area (Å²) in [5.74, 6) is 0.766. The van der Waals surface area contributed by atoms with E-state index in [2.05, 4.69) is 10.1 Å². The molecule has 1 aliphatic carbocycles. The molecule has 2 aromatic rings. The van der Waals surface area contributed by atoms with Crippen LogP contribution in [0.4, 0.5) is 0 Å². The normalized spacial score (nSPS) is 18.9. The van der Waals surface area contributed by atoms with E-state index in [1.54, 1.807) is 31.3 Å². The molecule has 174 valence electrons. The standard InChI is InChI=1S/C23H32N4O4S/c1-18-16-21(31-24-18)17-26-12-14-27(15-13-26)23(28)19-8-10-22(11-9-19)32(29,30)25(2)20-6-4-3-5-7-20/h8-11,16,20H,3-7,12-15,17H2,1-2H3. The fourth-order valence-corrected chi connectivity index (χ4v) is 6.00. The maximum Gasteiger partial charge on any atom is 0.253 e. The number of aromatic nitrogens is 1. The van der Waals surface area contributed by atoms with Crippen molar-refractivity contribution in [1.29, 1.82) is 0 Å². The Morgan fingerprint density at radius 3 is 2.34 bits per heavy atom. The molecule has 1 saturated carbocycles. The first-order valence-corrected chi connectivity index (χ1v) is 12.8. The Hall–Kier alpha value is -2.23. The van der Waals surface area contributed by atoms with Gasteiger partial charge in [0.05, 0.1) is 17.1 Å². The van der Waals surface area contributed by atoms with Crippen LogP contribution in [0.15, 0.2) is 39.8 Å². The zero-order chi connectivity index (χ0) is 22.7. The lowest BCUT2D eigenvalue weighted by molar-refractivity contribution is 0.0617. The predicted molar refractivity (Wildman–Crippen MR) is 121 cm³/mol. The summed E-state index contributed by atoms with van der Waals surface area (Å²) in [4.78, 5) is 17.2. The topological polar surface area (TPSA) is 87.0 Å². The maximum atomic E-state index is 13.0. The van der Waals surface area contributed by atoms with Crippen LogP contribution in [0.2, 0.25) is 0 Å². The third kappa shape index (κ3) is 5.05. The lowest BCUT2D eigenvalue weighted by Crippen LogP contribution is -2.48. The highest BCUT2D eigenvalue weighted by atomic mass is 32.2. The highest BCUT2D eigenvalue weighted by molar-refractivity contribution is 7.89. The van der Waals surface area contributed by atoms with Gasteiger partial charge in [0.15, 0.2) is 5.76 Å². The summed E-state index contributed by atoms with van der Waals surface area (Å²) in [6.07, 6.45) is 5.14. The van der Waals surface area contributed by atoms with E-state index < -0.39 is 10.0 Å². The monoisotopic (exact) mass is 460 g/mol. The molecule has 32 heavy (non-hydrogen) atoms. The van der Waals surface area contributed by atoms with Gasteiger partial charge in [-0.2, -0.15) is 4.31 Å². The fraction of sp³-hybridized carbons (Fsp3) is 0.565. The van der Waals surface area contributed by atoms with Gasteiger partial charge in [-0.1, -0.05) is 24.4 Å². The van der Waals surface area contributed by atoms with Crippen LogP contribution < -0.4 is 0 Å². The van der Waals surface area contributed by atoms with Crippen molar-refractivity contribution < 1.29 is 17.7 Å². The van der Waals surface area contributed by atoms with Crippen LogP contribution in [0.25, 0.3) is 0 Å². The fourth-order valence-electron chi connectivity index (χ4n) is 4.58. The number of amides is 1. The molecule has 0 radical (unpaired) electrons. The van der Waals surface area contributed by atoms with Crippen LogP contribution in [0, 0.1) is 6.92 Å². The first kappa shape index (κ1) is 22.9. The largest absolute Gasteiger partial charge is 0.360 e. The van der Waals surface area contributed by atoms with Gasteiger partial charge in [0.2, 0.25) is 10.0 Å². The Labute approximate surface area is 190 Å². The van der Waals surface area contributed by atoms with Gasteiger partial charge in [-0.05, 0) is 44.0 Å². The summed E-state index contributed by atoms with van der Waals surface area (Å²) in [6, 6.07) is 8.38. The second-order valence-corrected chi connectivity index (χ2v) is 10.8. The third-order valence-corrected chi connectivity index (χ3v) is 8.51. The molecular weight excluding hydrogens is 428 g/mol. The molecule has 1 aromatic carbocycles.